The molecule has 0 fully saturated rings. The molecule has 16 heavy (non-hydrogen) atoms. The SMILES string of the molecule is CCCc1nc2ccccc2nc1N(C)C. The lowest BCUT2D eigenvalue weighted by Crippen LogP contribution is -2.14. The third-order valence-corrected chi connectivity index (χ3v) is 2.53. The predicted molar refractivity (Wildman–Crippen MR) is 67.9 cm³/mol. The van der Waals surface area contributed by atoms with Crippen molar-refractivity contribution < 1.29 is 0 Å². The van der Waals surface area contributed by atoms with Crippen LogP contribution in [0.25, 0.3) is 11.0 Å². The van der Waals surface area contributed by atoms with Crippen molar-refractivity contribution >= 4 is 16.9 Å². The Hall–Kier alpha value is -1.64. The van der Waals surface area contributed by atoms with Crippen LogP contribution in [-0.4, -0.2) is 24.1 Å². The van der Waals surface area contributed by atoms with E-state index in [9.17, 15) is 0 Å². The first kappa shape index (κ1) is 10.9. The number of aromatic nitrogens is 2. The molecule has 2 rings (SSSR count). The van der Waals surface area contributed by atoms with Gasteiger partial charge in [-0.25, -0.2) is 9.97 Å². The maximum Gasteiger partial charge on any atom is 0.150 e. The molecule has 0 aliphatic rings. The number of anilines is 1. The Morgan fingerprint density at radius 1 is 1.06 bits per heavy atom. The summed E-state index contributed by atoms with van der Waals surface area (Å²) in [6.07, 6.45) is 2.07. The molecule has 3 heteroatoms. The lowest BCUT2D eigenvalue weighted by Gasteiger charge is -2.15. The summed E-state index contributed by atoms with van der Waals surface area (Å²) in [4.78, 5) is 11.4. The number of benzene rings is 1. The summed E-state index contributed by atoms with van der Waals surface area (Å²) in [5.41, 5.74) is 3.04. The van der Waals surface area contributed by atoms with E-state index in [1.807, 2.05) is 43.3 Å². The number of hydrogen-bond acceptors (Lipinski definition) is 3. The van der Waals surface area contributed by atoms with Crippen molar-refractivity contribution in [3.63, 3.8) is 0 Å². The second kappa shape index (κ2) is 4.47. The summed E-state index contributed by atoms with van der Waals surface area (Å²) < 4.78 is 0. The fourth-order valence-electron chi connectivity index (χ4n) is 1.79. The highest BCUT2D eigenvalue weighted by Gasteiger charge is 2.09. The summed E-state index contributed by atoms with van der Waals surface area (Å²) in [7, 11) is 4.02. The van der Waals surface area contributed by atoms with Crippen LogP contribution in [0.5, 0.6) is 0 Å². The molecule has 0 bridgehead atoms. The maximum atomic E-state index is 4.68. The normalized spacial score (nSPS) is 10.7. The van der Waals surface area contributed by atoms with Crippen molar-refractivity contribution in [1.82, 2.24) is 9.97 Å². The zero-order chi connectivity index (χ0) is 11.5. The van der Waals surface area contributed by atoms with Crippen LogP contribution in [0.15, 0.2) is 24.3 Å². The number of nitrogens with zero attached hydrogens (tertiary/aromatic N) is 3. The number of para-hydroxylation sites is 2. The lowest BCUT2D eigenvalue weighted by molar-refractivity contribution is 0.868. The molecule has 0 spiro atoms. The maximum absolute atomic E-state index is 4.68. The Morgan fingerprint density at radius 3 is 2.25 bits per heavy atom. The van der Waals surface area contributed by atoms with E-state index in [-0.39, 0.29) is 0 Å². The molecular formula is C13H17N3. The quantitative estimate of drug-likeness (QED) is 0.788. The van der Waals surface area contributed by atoms with Crippen LogP contribution in [0, 0.1) is 0 Å². The van der Waals surface area contributed by atoms with E-state index < -0.39 is 0 Å². The Morgan fingerprint density at radius 2 is 1.69 bits per heavy atom. The number of fused-ring (bicyclic) bond motifs is 1. The Balaban J connectivity index is 2.61. The molecule has 0 N–H and O–H groups in total. The summed E-state index contributed by atoms with van der Waals surface area (Å²) >= 11 is 0. The molecule has 0 saturated carbocycles. The van der Waals surface area contributed by atoms with Crippen molar-refractivity contribution in [1.29, 1.82) is 0 Å². The Labute approximate surface area is 96.1 Å². The molecule has 0 radical (unpaired) electrons. The largest absolute Gasteiger partial charge is 0.361 e. The molecule has 0 aliphatic heterocycles. The fraction of sp³-hybridized carbons (Fsp3) is 0.385. The van der Waals surface area contributed by atoms with Crippen LogP contribution in [0.4, 0.5) is 5.82 Å². The first-order valence-corrected chi connectivity index (χ1v) is 5.65. The van der Waals surface area contributed by atoms with Gasteiger partial charge >= 0.3 is 0 Å². The molecule has 3 nitrogen and oxygen atoms in total. The van der Waals surface area contributed by atoms with E-state index in [2.05, 4.69) is 16.9 Å². The van der Waals surface area contributed by atoms with Crippen LogP contribution in [0.1, 0.15) is 19.0 Å². The molecular weight excluding hydrogens is 198 g/mol. The van der Waals surface area contributed by atoms with Crippen LogP contribution >= 0.6 is 0 Å². The van der Waals surface area contributed by atoms with Gasteiger partial charge in [0.15, 0.2) is 5.82 Å². The standard InChI is InChI=1S/C13H17N3/c1-4-7-12-13(16(2)3)15-11-9-6-5-8-10(11)14-12/h5-6,8-9H,4,7H2,1-3H3. The molecule has 0 amide bonds. The highest BCUT2D eigenvalue weighted by atomic mass is 15.1. The lowest BCUT2D eigenvalue weighted by atomic mass is 10.2. The van der Waals surface area contributed by atoms with Gasteiger partial charge in [-0.1, -0.05) is 25.5 Å². The third kappa shape index (κ3) is 1.98. The van der Waals surface area contributed by atoms with Gasteiger partial charge in [0.25, 0.3) is 0 Å². The zero-order valence-corrected chi connectivity index (χ0v) is 10.1. The van der Waals surface area contributed by atoms with Gasteiger partial charge in [-0.15, -0.1) is 0 Å². The van der Waals surface area contributed by atoms with Crippen molar-refractivity contribution in [2.24, 2.45) is 0 Å². The minimum atomic E-state index is 0.964. The van der Waals surface area contributed by atoms with E-state index in [1.165, 1.54) is 0 Å². The van der Waals surface area contributed by atoms with Gasteiger partial charge in [0.2, 0.25) is 0 Å². The van der Waals surface area contributed by atoms with Gasteiger partial charge in [0, 0.05) is 14.1 Å². The van der Waals surface area contributed by atoms with Crippen LogP contribution in [-0.2, 0) is 6.42 Å². The predicted octanol–water partition coefficient (Wildman–Crippen LogP) is 2.65. The van der Waals surface area contributed by atoms with E-state index in [0.29, 0.717) is 0 Å². The van der Waals surface area contributed by atoms with Crippen molar-refractivity contribution in [3.8, 4) is 0 Å². The Kier molecular flexibility index (Phi) is 3.04. The van der Waals surface area contributed by atoms with Crippen LogP contribution in [0.3, 0.4) is 0 Å². The highest BCUT2D eigenvalue weighted by Crippen LogP contribution is 2.19. The van der Waals surface area contributed by atoms with Gasteiger partial charge in [-0.3, -0.25) is 0 Å². The minimum Gasteiger partial charge on any atom is -0.361 e. The number of rotatable bonds is 3. The highest BCUT2D eigenvalue weighted by molar-refractivity contribution is 5.76. The van der Waals surface area contributed by atoms with Crippen molar-refractivity contribution in [2.75, 3.05) is 19.0 Å². The first-order chi connectivity index (χ1) is 7.72. The molecule has 0 atom stereocenters. The second-order valence-electron chi connectivity index (χ2n) is 4.13. The van der Waals surface area contributed by atoms with Gasteiger partial charge in [0.05, 0.1) is 16.7 Å². The van der Waals surface area contributed by atoms with Gasteiger partial charge < -0.3 is 4.90 Å². The minimum absolute atomic E-state index is 0.964. The average Bonchev–Trinajstić information content (AvgIpc) is 2.28. The number of hydrogen-bond donors (Lipinski definition) is 0. The van der Waals surface area contributed by atoms with Gasteiger partial charge in [-0.05, 0) is 18.6 Å². The van der Waals surface area contributed by atoms with Crippen LogP contribution in [0.2, 0.25) is 0 Å². The molecule has 1 aromatic carbocycles. The van der Waals surface area contributed by atoms with Crippen molar-refractivity contribution in [2.45, 2.75) is 19.8 Å². The fourth-order valence-corrected chi connectivity index (χ4v) is 1.79. The van der Waals surface area contributed by atoms with E-state index in [4.69, 9.17) is 0 Å². The molecule has 1 heterocycles. The zero-order valence-electron chi connectivity index (χ0n) is 10.1. The molecule has 0 saturated heterocycles. The molecule has 2 aromatic rings. The van der Waals surface area contributed by atoms with Gasteiger partial charge in [0.1, 0.15) is 0 Å². The molecule has 0 aliphatic carbocycles. The summed E-state index contributed by atoms with van der Waals surface area (Å²) in [6.45, 7) is 2.16. The van der Waals surface area contributed by atoms with E-state index >= 15 is 0 Å². The average molecular weight is 215 g/mol. The third-order valence-electron chi connectivity index (χ3n) is 2.53. The van der Waals surface area contributed by atoms with E-state index in [1.54, 1.807) is 0 Å². The van der Waals surface area contributed by atoms with Gasteiger partial charge in [-0.2, -0.15) is 0 Å². The molecule has 1 aromatic heterocycles. The topological polar surface area (TPSA) is 29.0 Å². The van der Waals surface area contributed by atoms with Crippen molar-refractivity contribution in [3.05, 3.63) is 30.0 Å². The molecule has 0 unspecified atom stereocenters. The smallest absolute Gasteiger partial charge is 0.150 e. The second-order valence-corrected chi connectivity index (χ2v) is 4.13. The summed E-state index contributed by atoms with van der Waals surface area (Å²) in [5.74, 6) is 0.987. The first-order valence-electron chi connectivity index (χ1n) is 5.65. The summed E-state index contributed by atoms with van der Waals surface area (Å²) in [6, 6.07) is 8.02. The number of aryl methyl sites for hydroxylation is 1. The monoisotopic (exact) mass is 215 g/mol. The Bertz CT molecular complexity index is 492. The van der Waals surface area contributed by atoms with Crippen LogP contribution < -0.4 is 4.90 Å². The van der Waals surface area contributed by atoms with E-state index in [0.717, 1.165) is 35.4 Å². The molecule has 84 valence electrons. The summed E-state index contributed by atoms with van der Waals surface area (Å²) in [5, 5.41) is 0.